The van der Waals surface area contributed by atoms with E-state index in [4.69, 9.17) is 4.74 Å². The first-order valence-corrected chi connectivity index (χ1v) is 6.61. The summed E-state index contributed by atoms with van der Waals surface area (Å²) >= 11 is 0. The Bertz CT molecular complexity index is 699. The van der Waals surface area contributed by atoms with Crippen LogP contribution >= 0.6 is 0 Å². The van der Waals surface area contributed by atoms with Gasteiger partial charge in [0.2, 0.25) is 0 Å². The van der Waals surface area contributed by atoms with Crippen molar-refractivity contribution in [2.24, 2.45) is 9.98 Å². The first-order chi connectivity index (χ1) is 9.88. The number of ether oxygens (including phenoxy) is 1. The number of carbonyl (C=O) groups is 2. The number of hydrogen-bond donors (Lipinski definition) is 1. The van der Waals surface area contributed by atoms with E-state index in [9.17, 15) is 9.59 Å². The van der Waals surface area contributed by atoms with Crippen LogP contribution in [-0.4, -0.2) is 43.4 Å². The van der Waals surface area contributed by atoms with Crippen LogP contribution in [0.2, 0.25) is 0 Å². The van der Waals surface area contributed by atoms with Gasteiger partial charge in [0.1, 0.15) is 0 Å². The van der Waals surface area contributed by atoms with E-state index in [0.717, 1.165) is 5.56 Å². The van der Waals surface area contributed by atoms with Gasteiger partial charge in [-0.15, -0.1) is 0 Å². The second-order valence-electron chi connectivity index (χ2n) is 4.93. The molecule has 0 fully saturated rings. The van der Waals surface area contributed by atoms with Crippen LogP contribution in [0.25, 0.3) is 0 Å². The molecule has 0 spiro atoms. The van der Waals surface area contributed by atoms with Crippen molar-refractivity contribution < 1.29 is 14.3 Å². The van der Waals surface area contributed by atoms with Crippen LogP contribution < -0.4 is 16.0 Å². The Morgan fingerprint density at radius 3 is 2.57 bits per heavy atom. The maximum Gasteiger partial charge on any atom is 0.410 e. The zero-order valence-electron chi connectivity index (χ0n) is 12.5. The Labute approximate surface area is 122 Å². The molecule has 2 rings (SSSR count). The summed E-state index contributed by atoms with van der Waals surface area (Å²) in [4.78, 5) is 34.1. The summed E-state index contributed by atoms with van der Waals surface area (Å²) in [5, 5.41) is 3.59. The van der Waals surface area contributed by atoms with Crippen molar-refractivity contribution in [3.05, 3.63) is 34.5 Å². The fourth-order valence-electron chi connectivity index (χ4n) is 2.02. The largest absolute Gasteiger partial charge is 0.450 e. The number of hydrogen-bond acceptors (Lipinski definition) is 5. The summed E-state index contributed by atoms with van der Waals surface area (Å²) in [7, 11) is 3.16. The topological polar surface area (TPSA) is 83.4 Å². The van der Waals surface area contributed by atoms with Crippen molar-refractivity contribution >= 4 is 12.0 Å². The summed E-state index contributed by atoms with van der Waals surface area (Å²) in [6.07, 6.45) is -0.732. The van der Waals surface area contributed by atoms with Gasteiger partial charge >= 0.3 is 11.9 Å². The average molecular weight is 290 g/mol. The smallest absolute Gasteiger partial charge is 0.410 e. The number of nitrogens with zero attached hydrogens (tertiary/aromatic N) is 3. The number of rotatable bonds is 3. The van der Waals surface area contributed by atoms with E-state index in [0.29, 0.717) is 10.7 Å². The van der Waals surface area contributed by atoms with E-state index < -0.39 is 17.8 Å². The van der Waals surface area contributed by atoms with Gasteiger partial charge in [-0.3, -0.25) is 10.1 Å². The highest BCUT2D eigenvalue weighted by Crippen LogP contribution is 2.14. The first-order valence-electron chi connectivity index (χ1n) is 6.61. The minimum Gasteiger partial charge on any atom is -0.450 e. The van der Waals surface area contributed by atoms with Crippen LogP contribution in [0.4, 0.5) is 4.79 Å². The van der Waals surface area contributed by atoms with Crippen molar-refractivity contribution in [1.29, 1.82) is 0 Å². The minimum atomic E-state index is -1.69. The number of likely N-dealkylation sites (N-methyl/N-ethyl adjacent to an activating group) is 1. The Kier molecular flexibility index (Phi) is 3.93. The van der Waals surface area contributed by atoms with Crippen molar-refractivity contribution in [3.63, 3.8) is 0 Å². The minimum absolute atomic E-state index is 0.199. The molecule has 1 atom stereocenters. The van der Waals surface area contributed by atoms with E-state index in [1.165, 1.54) is 4.90 Å². The number of benzene rings is 1. The fourth-order valence-corrected chi connectivity index (χ4v) is 2.02. The molecule has 1 unspecified atom stereocenters. The second-order valence-corrected chi connectivity index (χ2v) is 4.93. The van der Waals surface area contributed by atoms with Crippen molar-refractivity contribution in [3.8, 4) is 0 Å². The van der Waals surface area contributed by atoms with E-state index in [1.807, 2.05) is 19.1 Å². The van der Waals surface area contributed by atoms with Crippen LogP contribution in [-0.2, 0) is 9.53 Å². The van der Waals surface area contributed by atoms with Gasteiger partial charge in [-0.1, -0.05) is 6.07 Å². The highest BCUT2D eigenvalue weighted by atomic mass is 16.5. The summed E-state index contributed by atoms with van der Waals surface area (Å²) in [6, 6.07) is 5.46. The third-order valence-corrected chi connectivity index (χ3v) is 2.95. The Balaban J connectivity index is 2.50. The molecule has 1 aromatic rings. The predicted molar refractivity (Wildman–Crippen MR) is 75.1 cm³/mol. The molecule has 1 N–H and O–H groups in total. The molecule has 1 aliphatic rings. The molecule has 0 saturated heterocycles. The van der Waals surface area contributed by atoms with Crippen LogP contribution in [0, 0.1) is 6.92 Å². The van der Waals surface area contributed by atoms with E-state index in [2.05, 4.69) is 15.3 Å². The number of alkyl carbamates (subject to hydrolysis) is 1. The van der Waals surface area contributed by atoms with Crippen molar-refractivity contribution in [1.82, 2.24) is 10.2 Å². The Morgan fingerprint density at radius 2 is 1.95 bits per heavy atom. The maximum absolute atomic E-state index is 12.4. The lowest BCUT2D eigenvalue weighted by atomic mass is 10.2. The first kappa shape index (κ1) is 15.0. The Morgan fingerprint density at radius 1 is 1.29 bits per heavy atom. The predicted octanol–water partition coefficient (Wildman–Crippen LogP) is -0.264. The quantitative estimate of drug-likeness (QED) is 0.832. The van der Waals surface area contributed by atoms with Crippen LogP contribution in [0.5, 0.6) is 0 Å². The molecule has 0 aliphatic carbocycles. The molecule has 2 amide bonds. The normalized spacial score (nSPS) is 19.0. The molecule has 7 heteroatoms. The van der Waals surface area contributed by atoms with Gasteiger partial charge in [0.15, 0.2) is 0 Å². The second kappa shape index (κ2) is 5.51. The molecule has 0 saturated carbocycles. The van der Waals surface area contributed by atoms with Crippen molar-refractivity contribution in [2.45, 2.75) is 19.6 Å². The van der Waals surface area contributed by atoms with E-state index >= 15 is 0 Å². The molecular weight excluding hydrogens is 272 g/mol. The van der Waals surface area contributed by atoms with Gasteiger partial charge < -0.3 is 9.64 Å². The van der Waals surface area contributed by atoms with Crippen LogP contribution in [0.3, 0.4) is 0 Å². The molecule has 21 heavy (non-hydrogen) atoms. The monoisotopic (exact) mass is 290 g/mol. The molecule has 0 aromatic heterocycles. The lowest BCUT2D eigenvalue weighted by Gasteiger charge is -2.25. The number of amides is 2. The summed E-state index contributed by atoms with van der Waals surface area (Å²) in [5.74, 6) is -2.13. The molecule has 1 heterocycles. The summed E-state index contributed by atoms with van der Waals surface area (Å²) in [6.45, 7) is 3.80. The number of nitrogens with one attached hydrogen (secondary N) is 1. The maximum atomic E-state index is 12.4. The van der Waals surface area contributed by atoms with Gasteiger partial charge in [0.25, 0.3) is 5.91 Å². The van der Waals surface area contributed by atoms with Gasteiger partial charge in [-0.05, 0) is 31.5 Å². The number of fused-ring (bicyclic) bond motifs is 1. The van der Waals surface area contributed by atoms with Crippen LogP contribution in [0.1, 0.15) is 12.5 Å². The molecule has 0 bridgehead atoms. The summed E-state index contributed by atoms with van der Waals surface area (Å²) < 4.78 is 4.84. The Hall–Kier alpha value is -2.44. The highest BCUT2D eigenvalue weighted by Gasteiger charge is 2.43. The van der Waals surface area contributed by atoms with Crippen molar-refractivity contribution in [2.75, 3.05) is 20.7 Å². The standard InChI is InChI=1S/C14H18N4O3/c1-5-21-13(20)17-14(12(19)18(3)4)15-10-7-6-9(2)8-11(10)16-14/h6-8H,5H2,1-4H3,(H,17,20). The number of carbonyl (C=O) groups excluding carboxylic acids is 2. The van der Waals surface area contributed by atoms with E-state index in [-0.39, 0.29) is 6.61 Å². The zero-order chi connectivity index (χ0) is 15.6. The van der Waals surface area contributed by atoms with Gasteiger partial charge in [-0.25, -0.2) is 14.8 Å². The fraction of sp³-hybridized carbons (Fsp3) is 0.429. The molecule has 1 aliphatic heterocycles. The third kappa shape index (κ3) is 2.86. The third-order valence-electron chi connectivity index (χ3n) is 2.95. The van der Waals surface area contributed by atoms with Gasteiger partial charge in [0.05, 0.1) is 17.3 Å². The van der Waals surface area contributed by atoms with E-state index in [1.54, 1.807) is 27.1 Å². The number of aryl methyl sites for hydroxylation is 1. The highest BCUT2D eigenvalue weighted by molar-refractivity contribution is 5.89. The molecule has 0 radical (unpaired) electrons. The van der Waals surface area contributed by atoms with Gasteiger partial charge in [0, 0.05) is 14.1 Å². The SMILES string of the molecule is CCOC(=O)NC1(C(=O)N(C)C)N=c2ccc(C)cc2=N1. The summed E-state index contributed by atoms with van der Waals surface area (Å²) in [5.41, 5.74) is 0.997. The van der Waals surface area contributed by atoms with Crippen LogP contribution in [0.15, 0.2) is 28.2 Å². The molecule has 112 valence electrons. The lowest BCUT2D eigenvalue weighted by molar-refractivity contribution is -0.135. The molecular formula is C14H18N4O3. The van der Waals surface area contributed by atoms with Gasteiger partial charge in [-0.2, -0.15) is 0 Å². The average Bonchev–Trinajstić information content (AvgIpc) is 2.76. The lowest BCUT2D eigenvalue weighted by Crippen LogP contribution is -2.55. The zero-order valence-corrected chi connectivity index (χ0v) is 12.5. The molecule has 1 aromatic carbocycles. The molecule has 7 nitrogen and oxygen atoms in total.